The SMILES string of the molecule is C#CCNC(=O)c1nc(-c2cccs2)[nH]c(=O)c1O. The van der Waals surface area contributed by atoms with Gasteiger partial charge in [-0.2, -0.15) is 0 Å². The highest BCUT2D eigenvalue weighted by atomic mass is 32.1. The summed E-state index contributed by atoms with van der Waals surface area (Å²) in [5.74, 6) is 1.02. The van der Waals surface area contributed by atoms with E-state index in [1.54, 1.807) is 17.5 Å². The molecule has 1 amide bonds. The van der Waals surface area contributed by atoms with Crippen molar-refractivity contribution in [2.45, 2.75) is 0 Å². The van der Waals surface area contributed by atoms with Gasteiger partial charge in [0.25, 0.3) is 11.5 Å². The smallest absolute Gasteiger partial charge is 0.294 e. The van der Waals surface area contributed by atoms with Crippen molar-refractivity contribution in [3.8, 4) is 28.8 Å². The van der Waals surface area contributed by atoms with Crippen LogP contribution in [0.3, 0.4) is 0 Å². The number of nitrogens with zero attached hydrogens (tertiary/aromatic N) is 1. The Morgan fingerprint density at radius 3 is 3.05 bits per heavy atom. The summed E-state index contributed by atoms with van der Waals surface area (Å²) in [4.78, 5) is 30.3. The third kappa shape index (κ3) is 2.64. The zero-order valence-electron chi connectivity index (χ0n) is 9.64. The minimum absolute atomic E-state index is 0.0128. The van der Waals surface area contributed by atoms with Gasteiger partial charge in [-0.05, 0) is 11.4 Å². The lowest BCUT2D eigenvalue weighted by Gasteiger charge is -2.05. The van der Waals surface area contributed by atoms with E-state index in [1.807, 2.05) is 0 Å². The van der Waals surface area contributed by atoms with Crippen molar-refractivity contribution in [2.24, 2.45) is 0 Å². The maximum atomic E-state index is 11.7. The summed E-state index contributed by atoms with van der Waals surface area (Å²) >= 11 is 1.35. The summed E-state index contributed by atoms with van der Waals surface area (Å²) in [6.07, 6.45) is 5.02. The van der Waals surface area contributed by atoms with Gasteiger partial charge in [-0.15, -0.1) is 17.8 Å². The largest absolute Gasteiger partial charge is 0.501 e. The lowest BCUT2D eigenvalue weighted by molar-refractivity contribution is 0.0950. The van der Waals surface area contributed by atoms with Gasteiger partial charge in [-0.25, -0.2) is 4.98 Å². The van der Waals surface area contributed by atoms with Gasteiger partial charge in [0.15, 0.2) is 11.5 Å². The van der Waals surface area contributed by atoms with E-state index in [2.05, 4.69) is 21.2 Å². The highest BCUT2D eigenvalue weighted by Crippen LogP contribution is 2.21. The number of thiophene rings is 1. The third-order valence-corrected chi connectivity index (χ3v) is 3.09. The van der Waals surface area contributed by atoms with Crippen molar-refractivity contribution in [1.82, 2.24) is 15.3 Å². The van der Waals surface area contributed by atoms with E-state index in [-0.39, 0.29) is 18.1 Å². The lowest BCUT2D eigenvalue weighted by atomic mass is 10.3. The second-order valence-corrected chi connectivity index (χ2v) is 4.42. The normalized spacial score (nSPS) is 9.84. The van der Waals surface area contributed by atoms with Gasteiger partial charge in [0.2, 0.25) is 5.75 Å². The van der Waals surface area contributed by atoms with Crippen molar-refractivity contribution in [2.75, 3.05) is 6.54 Å². The first-order valence-electron chi connectivity index (χ1n) is 5.22. The highest BCUT2D eigenvalue weighted by Gasteiger charge is 2.18. The van der Waals surface area contributed by atoms with E-state index in [9.17, 15) is 14.7 Å². The standard InChI is InChI=1S/C12H9N3O3S/c1-2-5-13-11(17)8-9(16)12(18)15-10(14-8)7-4-3-6-19-7/h1,3-4,6,16H,5H2,(H,13,17)(H,14,15,18). The molecule has 96 valence electrons. The molecule has 0 aliphatic rings. The van der Waals surface area contributed by atoms with Crippen molar-refractivity contribution in [3.05, 3.63) is 33.6 Å². The molecule has 2 aromatic heterocycles. The molecule has 0 atom stereocenters. The van der Waals surface area contributed by atoms with Crippen LogP contribution in [-0.2, 0) is 0 Å². The van der Waals surface area contributed by atoms with Crippen LogP contribution in [0.2, 0.25) is 0 Å². The number of H-pyrrole nitrogens is 1. The van der Waals surface area contributed by atoms with Gasteiger partial charge < -0.3 is 15.4 Å². The van der Waals surface area contributed by atoms with Crippen LogP contribution in [0.25, 0.3) is 10.7 Å². The molecule has 2 heterocycles. The van der Waals surface area contributed by atoms with Crippen molar-refractivity contribution >= 4 is 17.2 Å². The molecular formula is C12H9N3O3S. The summed E-state index contributed by atoms with van der Waals surface area (Å²) in [5.41, 5.74) is -1.12. The quantitative estimate of drug-likeness (QED) is 0.713. The molecule has 7 heteroatoms. The molecule has 0 aromatic carbocycles. The number of nitrogens with one attached hydrogen (secondary N) is 2. The summed E-state index contributed by atoms with van der Waals surface area (Å²) in [6, 6.07) is 3.52. The molecule has 0 saturated carbocycles. The Kier molecular flexibility index (Phi) is 3.63. The fourth-order valence-corrected chi connectivity index (χ4v) is 2.04. The maximum Gasteiger partial charge on any atom is 0.294 e. The molecule has 2 aromatic rings. The average Bonchev–Trinajstić information content (AvgIpc) is 2.93. The van der Waals surface area contributed by atoms with E-state index >= 15 is 0 Å². The number of aromatic nitrogens is 2. The number of aromatic amines is 1. The van der Waals surface area contributed by atoms with E-state index in [1.165, 1.54) is 11.3 Å². The van der Waals surface area contributed by atoms with Crippen molar-refractivity contribution in [3.63, 3.8) is 0 Å². The second kappa shape index (κ2) is 5.37. The molecule has 0 spiro atoms. The van der Waals surface area contributed by atoms with Crippen LogP contribution in [-0.4, -0.2) is 27.5 Å². The predicted molar refractivity (Wildman–Crippen MR) is 71.0 cm³/mol. The van der Waals surface area contributed by atoms with Gasteiger partial charge in [0, 0.05) is 0 Å². The van der Waals surface area contributed by atoms with Crippen LogP contribution < -0.4 is 10.9 Å². The number of hydrogen-bond donors (Lipinski definition) is 3. The Bertz CT molecular complexity index is 698. The van der Waals surface area contributed by atoms with Crippen molar-refractivity contribution in [1.29, 1.82) is 0 Å². The Morgan fingerprint density at radius 2 is 2.42 bits per heavy atom. The van der Waals surface area contributed by atoms with E-state index < -0.39 is 17.2 Å². The van der Waals surface area contributed by atoms with Gasteiger partial charge in [0.1, 0.15) is 0 Å². The molecule has 0 saturated heterocycles. The Morgan fingerprint density at radius 1 is 1.63 bits per heavy atom. The van der Waals surface area contributed by atoms with Crippen LogP contribution in [0.1, 0.15) is 10.5 Å². The molecule has 6 nitrogen and oxygen atoms in total. The van der Waals surface area contributed by atoms with Gasteiger partial charge in [-0.1, -0.05) is 12.0 Å². The molecule has 3 N–H and O–H groups in total. The number of hydrogen-bond acceptors (Lipinski definition) is 5. The minimum Gasteiger partial charge on any atom is -0.501 e. The first kappa shape index (κ1) is 12.9. The molecule has 0 aliphatic heterocycles. The number of rotatable bonds is 3. The molecule has 19 heavy (non-hydrogen) atoms. The van der Waals surface area contributed by atoms with Gasteiger partial charge in [0.05, 0.1) is 11.4 Å². The molecule has 2 rings (SSSR count). The van der Waals surface area contributed by atoms with E-state index in [0.717, 1.165) is 0 Å². The topological polar surface area (TPSA) is 95.1 Å². The first-order valence-corrected chi connectivity index (χ1v) is 6.10. The Hall–Kier alpha value is -2.59. The molecule has 0 fully saturated rings. The number of amides is 1. The van der Waals surface area contributed by atoms with Crippen LogP contribution in [0.4, 0.5) is 0 Å². The summed E-state index contributed by atoms with van der Waals surface area (Å²) in [7, 11) is 0. The Balaban J connectivity index is 2.47. The Labute approximate surface area is 112 Å². The van der Waals surface area contributed by atoms with E-state index in [0.29, 0.717) is 4.88 Å². The molecule has 0 aliphatic carbocycles. The minimum atomic E-state index is -0.774. The molecule has 0 radical (unpaired) electrons. The molecular weight excluding hydrogens is 266 g/mol. The zero-order valence-corrected chi connectivity index (χ0v) is 10.5. The third-order valence-electron chi connectivity index (χ3n) is 2.22. The summed E-state index contributed by atoms with van der Waals surface area (Å²) in [5, 5.41) is 13.7. The summed E-state index contributed by atoms with van der Waals surface area (Å²) in [6.45, 7) is -0.0128. The maximum absolute atomic E-state index is 11.7. The van der Waals surface area contributed by atoms with Crippen LogP contribution in [0, 0.1) is 12.3 Å². The lowest BCUT2D eigenvalue weighted by Crippen LogP contribution is -2.27. The first-order chi connectivity index (χ1) is 9.13. The average molecular weight is 275 g/mol. The monoisotopic (exact) mass is 275 g/mol. The molecule has 0 unspecified atom stereocenters. The molecule has 0 bridgehead atoms. The fourth-order valence-electron chi connectivity index (χ4n) is 1.37. The van der Waals surface area contributed by atoms with Crippen LogP contribution in [0.15, 0.2) is 22.3 Å². The van der Waals surface area contributed by atoms with Crippen LogP contribution in [0.5, 0.6) is 5.75 Å². The fraction of sp³-hybridized carbons (Fsp3) is 0.0833. The number of terminal acetylenes is 1. The van der Waals surface area contributed by atoms with Gasteiger partial charge in [-0.3, -0.25) is 9.59 Å². The predicted octanol–water partition coefficient (Wildman–Crippen LogP) is 0.567. The number of carbonyl (C=O) groups excluding carboxylic acids is 1. The van der Waals surface area contributed by atoms with E-state index in [4.69, 9.17) is 6.42 Å². The van der Waals surface area contributed by atoms with Crippen LogP contribution >= 0.6 is 11.3 Å². The number of carbonyl (C=O) groups is 1. The summed E-state index contributed by atoms with van der Waals surface area (Å²) < 4.78 is 0. The zero-order chi connectivity index (χ0) is 13.8. The second-order valence-electron chi connectivity index (χ2n) is 3.48. The van der Waals surface area contributed by atoms with Crippen molar-refractivity contribution < 1.29 is 9.90 Å². The number of aromatic hydroxyl groups is 1. The highest BCUT2D eigenvalue weighted by molar-refractivity contribution is 7.13. The van der Waals surface area contributed by atoms with Gasteiger partial charge >= 0.3 is 0 Å².